The minimum Gasteiger partial charge on any atom is -0.495 e. The zero-order chi connectivity index (χ0) is 22.5. The Labute approximate surface area is 188 Å². The third-order valence-corrected chi connectivity index (χ3v) is 5.80. The summed E-state index contributed by atoms with van der Waals surface area (Å²) in [6, 6.07) is 13.9. The van der Waals surface area contributed by atoms with Crippen LogP contribution in [0.5, 0.6) is 11.5 Å². The largest absolute Gasteiger partial charge is 0.495 e. The summed E-state index contributed by atoms with van der Waals surface area (Å²) in [6.45, 7) is -0.285. The van der Waals surface area contributed by atoms with Gasteiger partial charge in [-0.3, -0.25) is 4.79 Å². The van der Waals surface area contributed by atoms with Crippen LogP contribution in [-0.4, -0.2) is 55.7 Å². The smallest absolute Gasteiger partial charge is 0.387 e. The number of ether oxygens (including phenoxy) is 2. The SMILES string of the molecule is COc1ccccc1N1CCN(C(=O)c2csc(Nc3ccc(OC(F)F)cc3)n2)CC1. The lowest BCUT2D eigenvalue weighted by Gasteiger charge is -2.36. The average Bonchev–Trinajstić information content (AvgIpc) is 3.28. The Hall–Kier alpha value is -3.40. The van der Waals surface area contributed by atoms with Gasteiger partial charge in [-0.15, -0.1) is 11.3 Å². The number of halogens is 2. The number of thiazole rings is 1. The van der Waals surface area contributed by atoms with Gasteiger partial charge in [0.1, 0.15) is 17.2 Å². The first-order chi connectivity index (χ1) is 15.5. The van der Waals surface area contributed by atoms with Gasteiger partial charge in [-0.25, -0.2) is 4.98 Å². The molecule has 2 aromatic carbocycles. The summed E-state index contributed by atoms with van der Waals surface area (Å²) in [6.07, 6.45) is 0. The number of methoxy groups -OCH3 is 1. The Balaban J connectivity index is 1.34. The van der Waals surface area contributed by atoms with E-state index >= 15 is 0 Å². The van der Waals surface area contributed by atoms with Crippen molar-refractivity contribution in [2.45, 2.75) is 6.61 Å². The molecule has 0 saturated carbocycles. The van der Waals surface area contributed by atoms with Crippen LogP contribution in [0.15, 0.2) is 53.9 Å². The highest BCUT2D eigenvalue weighted by atomic mass is 32.1. The Morgan fingerprint density at radius 3 is 2.50 bits per heavy atom. The number of aromatic nitrogens is 1. The molecular weight excluding hydrogens is 438 g/mol. The number of nitrogens with zero attached hydrogens (tertiary/aromatic N) is 3. The van der Waals surface area contributed by atoms with Crippen molar-refractivity contribution in [3.05, 3.63) is 59.6 Å². The van der Waals surface area contributed by atoms with Crippen molar-refractivity contribution in [2.24, 2.45) is 0 Å². The van der Waals surface area contributed by atoms with Gasteiger partial charge in [-0.05, 0) is 36.4 Å². The second-order valence-corrected chi connectivity index (χ2v) is 7.87. The predicted molar refractivity (Wildman–Crippen MR) is 120 cm³/mol. The van der Waals surface area contributed by atoms with E-state index in [2.05, 4.69) is 19.9 Å². The number of carbonyl (C=O) groups excluding carboxylic acids is 1. The van der Waals surface area contributed by atoms with Crippen molar-refractivity contribution in [1.82, 2.24) is 9.88 Å². The molecule has 168 valence electrons. The molecule has 1 N–H and O–H groups in total. The number of anilines is 3. The second-order valence-electron chi connectivity index (χ2n) is 7.02. The van der Waals surface area contributed by atoms with Crippen LogP contribution >= 0.6 is 11.3 Å². The predicted octanol–water partition coefficient (Wildman–Crippen LogP) is 4.46. The van der Waals surface area contributed by atoms with E-state index in [9.17, 15) is 13.6 Å². The molecule has 1 aliphatic heterocycles. The molecule has 3 aromatic rings. The van der Waals surface area contributed by atoms with Crippen LogP contribution in [0.4, 0.5) is 25.3 Å². The van der Waals surface area contributed by atoms with E-state index in [1.165, 1.54) is 23.5 Å². The summed E-state index contributed by atoms with van der Waals surface area (Å²) in [4.78, 5) is 21.3. The standard InChI is InChI=1S/C22H22F2N4O3S/c1-30-19-5-3-2-4-18(19)27-10-12-28(13-11-27)20(29)17-14-32-22(26-17)25-15-6-8-16(9-7-15)31-21(23)24/h2-9,14,21H,10-13H2,1H3,(H,25,26). The Morgan fingerprint density at radius 1 is 1.09 bits per heavy atom. The molecule has 1 saturated heterocycles. The molecule has 0 bridgehead atoms. The van der Waals surface area contributed by atoms with Crippen molar-refractivity contribution in [3.8, 4) is 11.5 Å². The Morgan fingerprint density at radius 2 is 1.81 bits per heavy atom. The highest BCUT2D eigenvalue weighted by molar-refractivity contribution is 7.14. The maximum Gasteiger partial charge on any atom is 0.387 e. The fourth-order valence-corrected chi connectivity index (χ4v) is 4.18. The van der Waals surface area contributed by atoms with Crippen LogP contribution in [0.1, 0.15) is 10.5 Å². The number of rotatable bonds is 7. The summed E-state index contributed by atoms with van der Waals surface area (Å²) in [7, 11) is 1.65. The number of alkyl halides is 2. The molecule has 1 fully saturated rings. The van der Waals surface area contributed by atoms with Crippen molar-refractivity contribution in [3.63, 3.8) is 0 Å². The van der Waals surface area contributed by atoms with Gasteiger partial charge in [-0.2, -0.15) is 8.78 Å². The van der Waals surface area contributed by atoms with E-state index in [1.54, 1.807) is 29.5 Å². The number of hydrogen-bond donors (Lipinski definition) is 1. The summed E-state index contributed by atoms with van der Waals surface area (Å²) < 4.78 is 34.3. The van der Waals surface area contributed by atoms with Gasteiger partial charge in [0.05, 0.1) is 12.8 Å². The van der Waals surface area contributed by atoms with Gasteiger partial charge in [0.25, 0.3) is 5.91 Å². The highest BCUT2D eigenvalue weighted by Gasteiger charge is 2.25. The lowest BCUT2D eigenvalue weighted by atomic mass is 10.2. The third kappa shape index (κ3) is 5.08. The topological polar surface area (TPSA) is 66.9 Å². The second kappa shape index (κ2) is 9.82. The summed E-state index contributed by atoms with van der Waals surface area (Å²) in [5.74, 6) is 0.777. The normalized spacial score (nSPS) is 13.9. The van der Waals surface area contributed by atoms with E-state index in [4.69, 9.17) is 4.74 Å². The van der Waals surface area contributed by atoms with Gasteiger partial charge in [-0.1, -0.05) is 12.1 Å². The molecule has 0 radical (unpaired) electrons. The lowest BCUT2D eigenvalue weighted by molar-refractivity contribution is -0.0498. The number of amides is 1. The number of nitrogens with one attached hydrogen (secondary N) is 1. The van der Waals surface area contributed by atoms with Crippen LogP contribution in [0.2, 0.25) is 0 Å². The average molecular weight is 461 g/mol. The zero-order valence-electron chi connectivity index (χ0n) is 17.3. The summed E-state index contributed by atoms with van der Waals surface area (Å²) in [5.41, 5.74) is 2.05. The van der Waals surface area contributed by atoms with Crippen molar-refractivity contribution in [2.75, 3.05) is 43.5 Å². The molecule has 2 heterocycles. The molecule has 7 nitrogen and oxygen atoms in total. The van der Waals surface area contributed by atoms with Gasteiger partial charge >= 0.3 is 6.61 Å². The Bertz CT molecular complexity index is 1050. The molecule has 0 aliphatic carbocycles. The first kappa shape index (κ1) is 21.8. The first-order valence-corrected chi connectivity index (χ1v) is 10.9. The van der Waals surface area contributed by atoms with E-state index < -0.39 is 6.61 Å². The van der Waals surface area contributed by atoms with Crippen LogP contribution in [0, 0.1) is 0 Å². The lowest BCUT2D eigenvalue weighted by Crippen LogP contribution is -2.49. The molecule has 0 spiro atoms. The van der Waals surface area contributed by atoms with Crippen molar-refractivity contribution < 1.29 is 23.0 Å². The van der Waals surface area contributed by atoms with E-state index in [1.807, 2.05) is 24.3 Å². The van der Waals surface area contributed by atoms with Gasteiger partial charge in [0.15, 0.2) is 5.13 Å². The van der Waals surface area contributed by atoms with Gasteiger partial charge in [0.2, 0.25) is 0 Å². The maximum absolute atomic E-state index is 12.9. The van der Waals surface area contributed by atoms with Crippen LogP contribution < -0.4 is 19.7 Å². The number of para-hydroxylation sites is 2. The molecule has 1 amide bonds. The molecule has 4 rings (SSSR count). The molecule has 1 aliphatic rings. The summed E-state index contributed by atoms with van der Waals surface area (Å²) in [5, 5.41) is 5.33. The number of carbonyl (C=O) groups is 1. The summed E-state index contributed by atoms with van der Waals surface area (Å²) >= 11 is 1.31. The molecule has 1 aromatic heterocycles. The third-order valence-electron chi connectivity index (χ3n) is 5.05. The molecule has 0 unspecified atom stereocenters. The van der Waals surface area contributed by atoms with Crippen molar-refractivity contribution >= 4 is 33.8 Å². The van der Waals surface area contributed by atoms with Gasteiger partial charge in [0, 0.05) is 37.2 Å². The number of hydrogen-bond acceptors (Lipinski definition) is 7. The fourth-order valence-electron chi connectivity index (χ4n) is 3.48. The van der Waals surface area contributed by atoms with E-state index in [0.29, 0.717) is 42.7 Å². The van der Waals surface area contributed by atoms with E-state index in [0.717, 1.165) is 11.4 Å². The zero-order valence-corrected chi connectivity index (χ0v) is 18.1. The van der Waals surface area contributed by atoms with E-state index in [-0.39, 0.29) is 11.7 Å². The minimum atomic E-state index is -2.86. The van der Waals surface area contributed by atoms with Crippen LogP contribution in [-0.2, 0) is 0 Å². The maximum atomic E-state index is 12.9. The first-order valence-electron chi connectivity index (χ1n) is 9.98. The molecule has 0 atom stereocenters. The quantitative estimate of drug-likeness (QED) is 0.562. The molecule has 10 heteroatoms. The highest BCUT2D eigenvalue weighted by Crippen LogP contribution is 2.29. The fraction of sp³-hybridized carbons (Fsp3) is 0.273. The number of piperazine rings is 1. The molecule has 32 heavy (non-hydrogen) atoms. The number of benzene rings is 2. The monoisotopic (exact) mass is 460 g/mol. The Kier molecular flexibility index (Phi) is 6.69. The molecular formula is C22H22F2N4O3S. The minimum absolute atomic E-state index is 0.0767. The van der Waals surface area contributed by atoms with Crippen LogP contribution in [0.25, 0.3) is 0 Å². The van der Waals surface area contributed by atoms with Crippen LogP contribution in [0.3, 0.4) is 0 Å². The van der Waals surface area contributed by atoms with Crippen molar-refractivity contribution in [1.29, 1.82) is 0 Å². The van der Waals surface area contributed by atoms with Gasteiger partial charge < -0.3 is 24.6 Å².